The third-order valence-corrected chi connectivity index (χ3v) is 5.91. The zero-order valence-corrected chi connectivity index (χ0v) is 18.5. The van der Waals surface area contributed by atoms with Gasteiger partial charge >= 0.3 is 0 Å². The Morgan fingerprint density at radius 1 is 1.23 bits per heavy atom. The van der Waals surface area contributed by atoms with Crippen LogP contribution in [0.4, 0.5) is 0 Å². The number of ether oxygens (including phenoxy) is 1. The van der Waals surface area contributed by atoms with Gasteiger partial charge in [-0.25, -0.2) is 0 Å². The summed E-state index contributed by atoms with van der Waals surface area (Å²) in [5.41, 5.74) is 2.09. The van der Waals surface area contributed by atoms with Crippen LogP contribution in [0.1, 0.15) is 36.6 Å². The quantitative estimate of drug-likeness (QED) is 0.383. The molecule has 1 saturated heterocycles. The van der Waals surface area contributed by atoms with E-state index in [2.05, 4.69) is 18.8 Å². The highest BCUT2D eigenvalue weighted by Crippen LogP contribution is 2.39. The van der Waals surface area contributed by atoms with Crippen molar-refractivity contribution in [2.45, 2.75) is 26.8 Å². The summed E-state index contributed by atoms with van der Waals surface area (Å²) < 4.78 is 5.29. The minimum absolute atomic E-state index is 0.0945. The van der Waals surface area contributed by atoms with Crippen molar-refractivity contribution in [3.8, 4) is 5.75 Å². The number of hydrogen-bond donors (Lipinski definition) is 2. The summed E-state index contributed by atoms with van der Waals surface area (Å²) in [6, 6.07) is 8.10. The second kappa shape index (κ2) is 9.75. The normalized spacial score (nSPS) is 18.1. The van der Waals surface area contributed by atoms with Gasteiger partial charge in [0.2, 0.25) is 0 Å². The van der Waals surface area contributed by atoms with Gasteiger partial charge in [-0.05, 0) is 56.2 Å². The van der Waals surface area contributed by atoms with Gasteiger partial charge in [0, 0.05) is 18.0 Å². The Morgan fingerprint density at radius 3 is 2.55 bits per heavy atom. The maximum absolute atomic E-state index is 13.0. The molecule has 2 aromatic rings. The van der Waals surface area contributed by atoms with Crippen molar-refractivity contribution in [1.82, 2.24) is 9.88 Å². The first-order valence-electron chi connectivity index (χ1n) is 10.6. The Balaban J connectivity index is 2.08. The number of benzene rings is 1. The number of carbonyl (C=O) groups excluding carboxylic acids is 2. The summed E-state index contributed by atoms with van der Waals surface area (Å²) in [5.74, 6) is -0.764. The van der Waals surface area contributed by atoms with Gasteiger partial charge in [-0.3, -0.25) is 14.6 Å². The van der Waals surface area contributed by atoms with Crippen LogP contribution in [0.15, 0.2) is 48.3 Å². The predicted octanol–water partition coefficient (Wildman–Crippen LogP) is 1.75. The fraction of sp³-hybridized carbons (Fsp3) is 0.375. The molecule has 0 aliphatic carbocycles. The average molecular weight is 425 g/mol. The van der Waals surface area contributed by atoms with E-state index in [0.717, 1.165) is 25.2 Å². The lowest BCUT2D eigenvalue weighted by atomic mass is 9.95. The van der Waals surface area contributed by atoms with E-state index in [0.29, 0.717) is 23.4 Å². The van der Waals surface area contributed by atoms with Gasteiger partial charge in [-0.2, -0.15) is 0 Å². The zero-order chi connectivity index (χ0) is 22.5. The van der Waals surface area contributed by atoms with Crippen LogP contribution in [0.2, 0.25) is 0 Å². The number of rotatable bonds is 8. The fourth-order valence-electron chi connectivity index (χ4n) is 4.06. The first-order valence-corrected chi connectivity index (χ1v) is 10.6. The number of nitrogens with one attached hydrogen (secondary N) is 1. The number of amides is 1. The van der Waals surface area contributed by atoms with Crippen LogP contribution >= 0.6 is 0 Å². The third-order valence-electron chi connectivity index (χ3n) is 5.91. The molecule has 1 aliphatic heterocycles. The van der Waals surface area contributed by atoms with E-state index in [1.807, 2.05) is 13.0 Å². The Labute approximate surface area is 183 Å². The monoisotopic (exact) mass is 424 g/mol. The molecule has 0 radical (unpaired) electrons. The lowest BCUT2D eigenvalue weighted by Gasteiger charge is -2.26. The smallest absolute Gasteiger partial charge is 0.295 e. The molecule has 1 fully saturated rings. The van der Waals surface area contributed by atoms with Gasteiger partial charge in [0.1, 0.15) is 11.5 Å². The van der Waals surface area contributed by atoms with Crippen molar-refractivity contribution >= 4 is 17.4 Å². The molecular weight excluding hydrogens is 394 g/mol. The van der Waals surface area contributed by atoms with Crippen molar-refractivity contribution in [3.05, 3.63) is 65.0 Å². The zero-order valence-electron chi connectivity index (χ0n) is 18.5. The van der Waals surface area contributed by atoms with E-state index in [-0.39, 0.29) is 11.3 Å². The maximum atomic E-state index is 13.0. The van der Waals surface area contributed by atoms with Crippen LogP contribution in [0.25, 0.3) is 5.76 Å². The number of quaternary nitrogens is 1. The molecule has 3 rings (SSSR count). The van der Waals surface area contributed by atoms with E-state index in [1.165, 1.54) is 4.90 Å². The van der Waals surface area contributed by atoms with Gasteiger partial charge in [-0.1, -0.05) is 6.07 Å². The summed E-state index contributed by atoms with van der Waals surface area (Å²) in [6.07, 6.45) is 3.28. The number of ketones is 1. The Hall–Kier alpha value is -3.19. The highest BCUT2D eigenvalue weighted by molar-refractivity contribution is 6.46. The number of likely N-dealkylation sites (N-methyl/N-ethyl adjacent to an activating group) is 1. The van der Waals surface area contributed by atoms with Crippen LogP contribution in [-0.4, -0.2) is 60.0 Å². The molecule has 7 nitrogen and oxygen atoms in total. The van der Waals surface area contributed by atoms with Gasteiger partial charge in [0.15, 0.2) is 0 Å². The van der Waals surface area contributed by atoms with Crippen molar-refractivity contribution in [3.63, 3.8) is 0 Å². The molecule has 164 valence electrons. The molecular formula is C24H30N3O4+. The standard InChI is InChI=1S/C24H29N3O4/c1-5-26(6-2)12-13-27-21(18-8-7-11-25-15-18)20(23(29)24(27)30)22(28)17-9-10-19(31-4)16(3)14-17/h7-11,14-15,21,28H,5-6,12-13H2,1-4H3/p+1. The lowest BCUT2D eigenvalue weighted by Crippen LogP contribution is -3.12. The number of aryl methyl sites for hydroxylation is 1. The van der Waals surface area contributed by atoms with E-state index < -0.39 is 17.7 Å². The van der Waals surface area contributed by atoms with Gasteiger partial charge < -0.3 is 19.6 Å². The number of aromatic nitrogens is 1. The topological polar surface area (TPSA) is 84.2 Å². The molecule has 1 aliphatic rings. The number of Topliss-reactive ketones (excluding diaryl/α,β-unsaturated/α-hetero) is 1. The van der Waals surface area contributed by atoms with Crippen molar-refractivity contribution in [2.75, 3.05) is 33.3 Å². The molecule has 1 unspecified atom stereocenters. The van der Waals surface area contributed by atoms with Crippen LogP contribution in [-0.2, 0) is 9.59 Å². The molecule has 0 spiro atoms. The maximum Gasteiger partial charge on any atom is 0.295 e. The van der Waals surface area contributed by atoms with Crippen molar-refractivity contribution in [2.24, 2.45) is 0 Å². The lowest BCUT2D eigenvalue weighted by molar-refractivity contribution is -0.895. The number of carbonyl (C=O) groups is 2. The molecule has 0 bridgehead atoms. The molecule has 7 heteroatoms. The van der Waals surface area contributed by atoms with Gasteiger partial charge in [-0.15, -0.1) is 0 Å². The molecule has 31 heavy (non-hydrogen) atoms. The SMILES string of the molecule is CC[NH+](CC)CCN1C(=O)C(=O)C(=C(O)c2ccc(OC)c(C)c2)C1c1cccnc1. The molecule has 1 amide bonds. The third kappa shape index (κ3) is 4.46. The van der Waals surface area contributed by atoms with Crippen LogP contribution < -0.4 is 9.64 Å². The Bertz CT molecular complexity index is 984. The first-order chi connectivity index (χ1) is 14.9. The van der Waals surface area contributed by atoms with E-state index in [4.69, 9.17) is 4.74 Å². The first kappa shape index (κ1) is 22.5. The van der Waals surface area contributed by atoms with Crippen LogP contribution in [0.3, 0.4) is 0 Å². The number of nitrogens with zero attached hydrogens (tertiary/aromatic N) is 2. The van der Waals surface area contributed by atoms with Crippen molar-refractivity contribution in [1.29, 1.82) is 0 Å². The molecule has 0 saturated carbocycles. The molecule has 2 N–H and O–H groups in total. The fourth-order valence-corrected chi connectivity index (χ4v) is 4.06. The Kier molecular flexibility index (Phi) is 7.07. The number of hydrogen-bond acceptors (Lipinski definition) is 5. The van der Waals surface area contributed by atoms with E-state index in [9.17, 15) is 14.7 Å². The molecule has 1 aromatic carbocycles. The number of methoxy groups -OCH3 is 1. The summed E-state index contributed by atoms with van der Waals surface area (Å²) in [7, 11) is 1.58. The number of likely N-dealkylation sites (tertiary alicyclic amines) is 1. The summed E-state index contributed by atoms with van der Waals surface area (Å²) in [5, 5.41) is 11.1. The summed E-state index contributed by atoms with van der Waals surface area (Å²) in [6.45, 7) is 9.05. The second-order valence-electron chi connectivity index (χ2n) is 7.67. The number of aliphatic hydroxyl groups excluding tert-OH is 1. The summed E-state index contributed by atoms with van der Waals surface area (Å²) >= 11 is 0. The van der Waals surface area contributed by atoms with Crippen LogP contribution in [0, 0.1) is 6.92 Å². The summed E-state index contributed by atoms with van der Waals surface area (Å²) in [4.78, 5) is 33.1. The predicted molar refractivity (Wildman–Crippen MR) is 118 cm³/mol. The minimum Gasteiger partial charge on any atom is -0.507 e. The van der Waals surface area contributed by atoms with E-state index in [1.54, 1.807) is 48.7 Å². The van der Waals surface area contributed by atoms with Crippen molar-refractivity contribution < 1.29 is 24.3 Å². The number of pyridine rings is 1. The number of aliphatic hydroxyl groups is 1. The highest BCUT2D eigenvalue weighted by Gasteiger charge is 2.46. The van der Waals surface area contributed by atoms with Crippen LogP contribution in [0.5, 0.6) is 5.75 Å². The minimum atomic E-state index is -0.675. The largest absolute Gasteiger partial charge is 0.507 e. The molecule has 1 aromatic heterocycles. The highest BCUT2D eigenvalue weighted by atomic mass is 16.5. The average Bonchev–Trinajstić information content (AvgIpc) is 3.04. The van der Waals surface area contributed by atoms with Gasteiger partial charge in [0.05, 0.1) is 44.9 Å². The molecule has 2 heterocycles. The van der Waals surface area contributed by atoms with Gasteiger partial charge in [0.25, 0.3) is 11.7 Å². The molecule has 1 atom stereocenters. The Morgan fingerprint density at radius 2 is 1.97 bits per heavy atom. The second-order valence-corrected chi connectivity index (χ2v) is 7.67. The van der Waals surface area contributed by atoms with E-state index >= 15 is 0 Å².